The van der Waals surface area contributed by atoms with Gasteiger partial charge in [0.1, 0.15) is 6.10 Å². The summed E-state index contributed by atoms with van der Waals surface area (Å²) in [5.74, 6) is 1.21. The maximum atomic E-state index is 12.3. The summed E-state index contributed by atoms with van der Waals surface area (Å²) in [6.07, 6.45) is 2.53. The van der Waals surface area contributed by atoms with E-state index in [1.54, 1.807) is 0 Å². The lowest BCUT2D eigenvalue weighted by atomic mass is 9.75. The lowest BCUT2D eigenvalue weighted by Gasteiger charge is -2.37. The number of carbonyl (C=O) groups is 2. The summed E-state index contributed by atoms with van der Waals surface area (Å²) in [5, 5.41) is 0. The molecule has 2 rings (SSSR count). The molecule has 0 amide bonds. The zero-order valence-electron chi connectivity index (χ0n) is 13.7. The fourth-order valence-corrected chi connectivity index (χ4v) is 4.08. The zero-order chi connectivity index (χ0) is 16.3. The Hall–Kier alpha value is -0.750. The van der Waals surface area contributed by atoms with Crippen LogP contribution >= 0.6 is 11.8 Å². The third-order valence-corrected chi connectivity index (χ3v) is 5.45. The van der Waals surface area contributed by atoms with Crippen LogP contribution in [0.1, 0.15) is 47.0 Å². The number of thioether (sulfide) groups is 1. The lowest BCUT2D eigenvalue weighted by molar-refractivity contribution is -0.185. The molecular formula is C16H26O5S. The molecule has 1 saturated heterocycles. The number of rotatable bonds is 4. The van der Waals surface area contributed by atoms with E-state index in [0.29, 0.717) is 23.5 Å². The molecule has 126 valence electrons. The predicted molar refractivity (Wildman–Crippen MR) is 84.1 cm³/mol. The third kappa shape index (κ3) is 4.62. The van der Waals surface area contributed by atoms with Gasteiger partial charge in [-0.15, -0.1) is 11.8 Å². The van der Waals surface area contributed by atoms with Crippen molar-refractivity contribution in [2.45, 2.75) is 64.8 Å². The van der Waals surface area contributed by atoms with Crippen molar-refractivity contribution in [2.75, 3.05) is 5.75 Å². The van der Waals surface area contributed by atoms with Crippen LogP contribution in [0.3, 0.4) is 0 Å². The van der Waals surface area contributed by atoms with Crippen LogP contribution < -0.4 is 0 Å². The zero-order valence-corrected chi connectivity index (χ0v) is 14.6. The second-order valence-electron chi connectivity index (χ2n) is 6.64. The third-order valence-electron chi connectivity index (χ3n) is 4.38. The highest BCUT2D eigenvalue weighted by molar-refractivity contribution is 8.00. The molecule has 22 heavy (non-hydrogen) atoms. The molecule has 0 aromatic rings. The highest BCUT2D eigenvalue weighted by atomic mass is 32.2. The lowest BCUT2D eigenvalue weighted by Crippen LogP contribution is -2.38. The van der Waals surface area contributed by atoms with Gasteiger partial charge in [0.25, 0.3) is 0 Å². The second-order valence-corrected chi connectivity index (χ2v) is 7.74. The normalized spacial score (nSPS) is 35.4. The van der Waals surface area contributed by atoms with Crippen LogP contribution in [-0.4, -0.2) is 35.5 Å². The average molecular weight is 330 g/mol. The monoisotopic (exact) mass is 330 g/mol. The number of carbonyl (C=O) groups excluding carboxylic acids is 2. The van der Waals surface area contributed by atoms with Gasteiger partial charge in [0.2, 0.25) is 11.7 Å². The van der Waals surface area contributed by atoms with E-state index in [4.69, 9.17) is 14.2 Å². The summed E-state index contributed by atoms with van der Waals surface area (Å²) in [4.78, 5) is 23.2. The summed E-state index contributed by atoms with van der Waals surface area (Å²) in [7, 11) is 0. The Labute approximate surface area is 136 Å². The molecule has 5 atom stereocenters. The second kappa shape index (κ2) is 7.68. The average Bonchev–Trinajstić information content (AvgIpc) is 2.86. The molecule has 0 spiro atoms. The minimum atomic E-state index is -0.686. The van der Waals surface area contributed by atoms with Gasteiger partial charge in [0, 0.05) is 6.92 Å². The van der Waals surface area contributed by atoms with E-state index in [1.807, 2.05) is 0 Å². The number of hydrogen-bond acceptors (Lipinski definition) is 6. The Bertz CT molecular complexity index is 411. The summed E-state index contributed by atoms with van der Waals surface area (Å²) in [6.45, 7) is 7.89. The van der Waals surface area contributed by atoms with E-state index in [1.165, 1.54) is 25.1 Å². The molecule has 6 heteroatoms. The van der Waals surface area contributed by atoms with Crippen LogP contribution in [0.5, 0.6) is 0 Å². The number of hydrogen-bond donors (Lipinski definition) is 0. The first kappa shape index (κ1) is 17.6. The first-order chi connectivity index (χ1) is 10.4. The molecule has 2 aliphatic rings. The fourth-order valence-electron chi connectivity index (χ4n) is 3.21. The summed E-state index contributed by atoms with van der Waals surface area (Å²) in [5.41, 5.74) is -0.686. The van der Waals surface area contributed by atoms with Gasteiger partial charge >= 0.3 is 11.9 Å². The molecule has 0 aromatic heterocycles. The van der Waals surface area contributed by atoms with Gasteiger partial charge < -0.3 is 14.2 Å². The first-order valence-electron chi connectivity index (χ1n) is 8.01. The minimum absolute atomic E-state index is 0.0341. The maximum Gasteiger partial charge on any atom is 0.346 e. The van der Waals surface area contributed by atoms with E-state index < -0.39 is 17.7 Å². The Morgan fingerprint density at radius 3 is 2.59 bits per heavy atom. The fraction of sp³-hybridized carbons (Fsp3) is 0.875. The van der Waals surface area contributed by atoms with Gasteiger partial charge in [-0.1, -0.05) is 27.2 Å². The summed E-state index contributed by atoms with van der Waals surface area (Å²) < 4.78 is 16.2. The number of esters is 2. The van der Waals surface area contributed by atoms with Crippen molar-refractivity contribution in [3.8, 4) is 0 Å². The maximum absolute atomic E-state index is 12.3. The van der Waals surface area contributed by atoms with Gasteiger partial charge in [0.15, 0.2) is 0 Å². The van der Waals surface area contributed by atoms with Crippen molar-refractivity contribution in [3.63, 3.8) is 0 Å². The number of ether oxygens (including phenoxy) is 3. The standard InChI is InChI=1S/C16H26O5S/c1-9(2)12-6-5-10(3)7-13(12)20-15(18)16-21-14(8-22-16)19-11(4)17/h9-10,12-14,16H,5-8H2,1-4H3/t10-,12+,13-,14?,16-/m1/s1. The highest BCUT2D eigenvalue weighted by Gasteiger charge is 2.39. The molecule has 0 bridgehead atoms. The molecule has 0 radical (unpaired) electrons. The minimum Gasteiger partial charge on any atom is -0.459 e. The van der Waals surface area contributed by atoms with Crippen molar-refractivity contribution in [2.24, 2.45) is 17.8 Å². The molecule has 2 fully saturated rings. The molecule has 0 aromatic carbocycles. The van der Waals surface area contributed by atoms with Crippen molar-refractivity contribution < 1.29 is 23.8 Å². The Morgan fingerprint density at radius 2 is 1.95 bits per heavy atom. The van der Waals surface area contributed by atoms with Gasteiger partial charge in [-0.3, -0.25) is 4.79 Å². The van der Waals surface area contributed by atoms with E-state index in [0.717, 1.165) is 12.8 Å². The van der Waals surface area contributed by atoms with E-state index in [2.05, 4.69) is 20.8 Å². The summed E-state index contributed by atoms with van der Waals surface area (Å²) in [6, 6.07) is 0. The Kier molecular flexibility index (Phi) is 6.15. The van der Waals surface area contributed by atoms with Gasteiger partial charge in [-0.05, 0) is 30.6 Å². The molecule has 1 heterocycles. The Balaban J connectivity index is 1.88. The van der Waals surface area contributed by atoms with Crippen LogP contribution in [0.2, 0.25) is 0 Å². The van der Waals surface area contributed by atoms with Crippen LogP contribution in [0.4, 0.5) is 0 Å². The van der Waals surface area contributed by atoms with Gasteiger partial charge in [-0.25, -0.2) is 4.79 Å². The largest absolute Gasteiger partial charge is 0.459 e. The topological polar surface area (TPSA) is 61.8 Å². The predicted octanol–water partition coefficient (Wildman–Crippen LogP) is 2.97. The summed E-state index contributed by atoms with van der Waals surface area (Å²) >= 11 is 1.33. The first-order valence-corrected chi connectivity index (χ1v) is 9.06. The van der Waals surface area contributed by atoms with E-state index in [-0.39, 0.29) is 12.1 Å². The van der Waals surface area contributed by atoms with Crippen LogP contribution in [-0.2, 0) is 23.8 Å². The molecule has 0 N–H and O–H groups in total. The van der Waals surface area contributed by atoms with E-state index in [9.17, 15) is 9.59 Å². The molecule has 1 saturated carbocycles. The van der Waals surface area contributed by atoms with Crippen LogP contribution in [0.15, 0.2) is 0 Å². The van der Waals surface area contributed by atoms with Crippen LogP contribution in [0, 0.1) is 17.8 Å². The van der Waals surface area contributed by atoms with Crippen LogP contribution in [0.25, 0.3) is 0 Å². The SMILES string of the molecule is CC(=O)OC1CS[C@H](C(=O)O[C@@H]2C[C@H](C)CC[C@H]2C(C)C)O1. The van der Waals surface area contributed by atoms with E-state index >= 15 is 0 Å². The highest BCUT2D eigenvalue weighted by Crippen LogP contribution is 2.36. The molecule has 1 unspecified atom stereocenters. The van der Waals surface area contributed by atoms with Crippen molar-refractivity contribution in [1.82, 2.24) is 0 Å². The quantitative estimate of drug-likeness (QED) is 0.739. The molecular weight excluding hydrogens is 304 g/mol. The Morgan fingerprint density at radius 1 is 1.23 bits per heavy atom. The van der Waals surface area contributed by atoms with Crippen molar-refractivity contribution >= 4 is 23.7 Å². The molecule has 5 nitrogen and oxygen atoms in total. The molecule has 1 aliphatic heterocycles. The smallest absolute Gasteiger partial charge is 0.346 e. The van der Waals surface area contributed by atoms with Gasteiger partial charge in [0.05, 0.1) is 5.75 Å². The molecule has 1 aliphatic carbocycles. The van der Waals surface area contributed by atoms with Crippen molar-refractivity contribution in [3.05, 3.63) is 0 Å². The van der Waals surface area contributed by atoms with Crippen molar-refractivity contribution in [1.29, 1.82) is 0 Å². The van der Waals surface area contributed by atoms with Gasteiger partial charge in [-0.2, -0.15) is 0 Å².